The second-order valence-corrected chi connectivity index (χ2v) is 7.97. The van der Waals surface area contributed by atoms with E-state index in [9.17, 15) is 22.0 Å². The molecule has 0 unspecified atom stereocenters. The summed E-state index contributed by atoms with van der Waals surface area (Å²) in [7, 11) is 1.66. The molecule has 1 fully saturated rings. The standard InChI is InChI=1S/C26H22BF5O4/c1-2-23-33-12-18(13-34-23)36-26(31,32)20-9-7-17(11-21(20)28)15-3-5-16(6-4-15)19-8-10-22(35-14-27)25(30)24(19)29/h2-11,18,23H,1,12-14,27H2. The number of hydrogen-bond donors (Lipinski definition) is 0. The van der Waals surface area contributed by atoms with Gasteiger partial charge in [0.15, 0.2) is 25.7 Å². The summed E-state index contributed by atoms with van der Waals surface area (Å²) in [6.45, 7) is 3.37. The second-order valence-electron chi connectivity index (χ2n) is 7.97. The van der Waals surface area contributed by atoms with E-state index in [1.165, 1.54) is 36.4 Å². The maximum absolute atomic E-state index is 14.7. The molecule has 0 spiro atoms. The molecular formula is C26H22BF5O4. The summed E-state index contributed by atoms with van der Waals surface area (Å²) in [6, 6.07) is 12.1. The molecule has 1 saturated heterocycles. The largest absolute Gasteiger partial charge is 0.500 e. The van der Waals surface area contributed by atoms with Gasteiger partial charge in [0.25, 0.3) is 0 Å². The highest BCUT2D eigenvalue weighted by molar-refractivity contribution is 6.08. The second kappa shape index (κ2) is 10.8. The zero-order valence-electron chi connectivity index (χ0n) is 19.3. The summed E-state index contributed by atoms with van der Waals surface area (Å²) in [5.74, 6) is -3.50. The van der Waals surface area contributed by atoms with Crippen LogP contribution in [0.4, 0.5) is 22.0 Å². The zero-order chi connectivity index (χ0) is 25.9. The van der Waals surface area contributed by atoms with E-state index in [1.807, 2.05) is 0 Å². The van der Waals surface area contributed by atoms with Crippen molar-refractivity contribution < 1.29 is 40.9 Å². The third-order valence-electron chi connectivity index (χ3n) is 5.56. The van der Waals surface area contributed by atoms with Gasteiger partial charge in [0.2, 0.25) is 5.82 Å². The Morgan fingerprint density at radius 1 is 0.917 bits per heavy atom. The van der Waals surface area contributed by atoms with Crippen LogP contribution in [0, 0.1) is 17.5 Å². The predicted octanol–water partition coefficient (Wildman–Crippen LogP) is 5.40. The number of hydrogen-bond acceptors (Lipinski definition) is 4. The van der Waals surface area contributed by atoms with Gasteiger partial charge in [-0.05, 0) is 47.0 Å². The van der Waals surface area contributed by atoms with E-state index in [1.54, 1.807) is 20.0 Å². The molecule has 4 rings (SSSR count). The molecule has 188 valence electrons. The van der Waals surface area contributed by atoms with Crippen LogP contribution in [0.3, 0.4) is 0 Å². The van der Waals surface area contributed by atoms with Gasteiger partial charge in [-0.25, -0.2) is 8.78 Å². The number of rotatable bonds is 8. The van der Waals surface area contributed by atoms with Crippen LogP contribution in [0.2, 0.25) is 0 Å². The van der Waals surface area contributed by atoms with E-state index >= 15 is 0 Å². The lowest BCUT2D eigenvalue weighted by molar-refractivity contribution is -0.313. The molecule has 0 saturated carbocycles. The van der Waals surface area contributed by atoms with Gasteiger partial charge in [-0.2, -0.15) is 13.2 Å². The molecule has 1 aliphatic rings. The lowest BCUT2D eigenvalue weighted by Gasteiger charge is -2.30. The van der Waals surface area contributed by atoms with Crippen molar-refractivity contribution >= 4 is 7.85 Å². The molecule has 4 nitrogen and oxygen atoms in total. The molecule has 0 atom stereocenters. The number of ether oxygens (including phenoxy) is 4. The first kappa shape index (κ1) is 25.9. The number of benzene rings is 3. The van der Waals surface area contributed by atoms with Crippen LogP contribution >= 0.6 is 0 Å². The van der Waals surface area contributed by atoms with Crippen LogP contribution < -0.4 is 4.74 Å². The van der Waals surface area contributed by atoms with Gasteiger partial charge in [0.05, 0.1) is 25.3 Å². The van der Waals surface area contributed by atoms with Crippen LogP contribution in [0.15, 0.2) is 67.3 Å². The molecule has 0 bridgehead atoms. The Bertz CT molecular complexity index is 1230. The summed E-state index contributed by atoms with van der Waals surface area (Å²) >= 11 is 0. The Balaban J connectivity index is 1.51. The summed E-state index contributed by atoms with van der Waals surface area (Å²) in [5.41, 5.74) is 0.280. The first-order chi connectivity index (χ1) is 17.2. The smallest absolute Gasteiger partial charge is 0.386 e. The predicted molar refractivity (Wildman–Crippen MR) is 126 cm³/mol. The molecule has 3 aromatic carbocycles. The maximum atomic E-state index is 14.7. The SMILES string of the molecule is BCOc1ccc(-c2ccc(-c3ccc(C(F)(F)OC4COC(C=C)OC4)c(F)c3)cc2)c(F)c1F. The Hall–Kier alpha value is -3.21. The van der Waals surface area contributed by atoms with Crippen molar-refractivity contribution in [2.75, 3.05) is 19.7 Å². The first-order valence-electron chi connectivity index (χ1n) is 11.2. The van der Waals surface area contributed by atoms with Crippen molar-refractivity contribution in [2.45, 2.75) is 18.5 Å². The fourth-order valence-corrected chi connectivity index (χ4v) is 3.77. The topological polar surface area (TPSA) is 36.9 Å². The van der Waals surface area contributed by atoms with E-state index < -0.39 is 41.5 Å². The van der Waals surface area contributed by atoms with Gasteiger partial charge in [-0.3, -0.25) is 0 Å². The van der Waals surface area contributed by atoms with Crippen molar-refractivity contribution in [3.63, 3.8) is 0 Å². The molecule has 1 aliphatic heterocycles. The zero-order valence-corrected chi connectivity index (χ0v) is 19.3. The van der Waals surface area contributed by atoms with Gasteiger partial charge in [-0.1, -0.05) is 36.9 Å². The Kier molecular flexibility index (Phi) is 7.78. The summed E-state index contributed by atoms with van der Waals surface area (Å²) in [6.07, 6.45) is -4.33. The summed E-state index contributed by atoms with van der Waals surface area (Å²) in [4.78, 5) is 0. The molecular weight excluding hydrogens is 482 g/mol. The molecule has 36 heavy (non-hydrogen) atoms. The Morgan fingerprint density at radius 3 is 2.17 bits per heavy atom. The van der Waals surface area contributed by atoms with Gasteiger partial charge in [0.1, 0.15) is 11.9 Å². The van der Waals surface area contributed by atoms with Crippen LogP contribution in [0.1, 0.15) is 5.56 Å². The average Bonchev–Trinajstić information content (AvgIpc) is 2.87. The van der Waals surface area contributed by atoms with Crippen LogP contribution in [-0.4, -0.2) is 40.0 Å². The molecule has 0 aromatic heterocycles. The van der Waals surface area contributed by atoms with Crippen molar-refractivity contribution in [3.05, 3.63) is 90.3 Å². The molecule has 1 heterocycles. The van der Waals surface area contributed by atoms with Gasteiger partial charge < -0.3 is 18.9 Å². The molecule has 0 N–H and O–H groups in total. The maximum Gasteiger partial charge on any atom is 0.386 e. The Labute approximate surface area is 205 Å². The highest BCUT2D eigenvalue weighted by atomic mass is 19.3. The van der Waals surface area contributed by atoms with Crippen molar-refractivity contribution in [1.29, 1.82) is 0 Å². The van der Waals surface area contributed by atoms with E-state index in [-0.39, 0.29) is 31.0 Å². The molecule has 10 heteroatoms. The molecule has 3 aromatic rings. The minimum Gasteiger partial charge on any atom is -0.500 e. The minimum absolute atomic E-state index is 0.0240. The van der Waals surface area contributed by atoms with Crippen molar-refractivity contribution in [2.24, 2.45) is 0 Å². The van der Waals surface area contributed by atoms with E-state index in [0.29, 0.717) is 16.7 Å². The van der Waals surface area contributed by atoms with Crippen LogP contribution in [0.25, 0.3) is 22.3 Å². The lowest BCUT2D eigenvalue weighted by atomic mass is 9.98. The lowest BCUT2D eigenvalue weighted by Crippen LogP contribution is -2.40. The quantitative estimate of drug-likeness (QED) is 0.234. The first-order valence-corrected chi connectivity index (χ1v) is 11.2. The number of alkyl halides is 2. The van der Waals surface area contributed by atoms with E-state index in [0.717, 1.165) is 12.1 Å². The molecule has 0 amide bonds. The highest BCUT2D eigenvalue weighted by Crippen LogP contribution is 2.36. The fourth-order valence-electron chi connectivity index (χ4n) is 3.77. The highest BCUT2D eigenvalue weighted by Gasteiger charge is 2.40. The molecule has 0 radical (unpaired) electrons. The summed E-state index contributed by atoms with van der Waals surface area (Å²) in [5, 5.41) is 0. The van der Waals surface area contributed by atoms with Crippen molar-refractivity contribution in [3.8, 4) is 28.0 Å². The van der Waals surface area contributed by atoms with Crippen LogP contribution in [0.5, 0.6) is 5.75 Å². The third kappa shape index (κ3) is 5.45. The van der Waals surface area contributed by atoms with Gasteiger partial charge in [0, 0.05) is 5.56 Å². The van der Waals surface area contributed by atoms with E-state index in [4.69, 9.17) is 18.9 Å². The molecule has 0 aliphatic carbocycles. The van der Waals surface area contributed by atoms with Gasteiger partial charge in [-0.15, -0.1) is 0 Å². The van der Waals surface area contributed by atoms with Crippen molar-refractivity contribution in [1.82, 2.24) is 0 Å². The average molecular weight is 504 g/mol. The van der Waals surface area contributed by atoms with Crippen LogP contribution in [-0.2, 0) is 20.3 Å². The van der Waals surface area contributed by atoms with E-state index in [2.05, 4.69) is 6.58 Å². The Morgan fingerprint density at radius 2 is 1.56 bits per heavy atom. The van der Waals surface area contributed by atoms with Gasteiger partial charge >= 0.3 is 6.11 Å². The fraction of sp³-hybridized carbons (Fsp3) is 0.231. The monoisotopic (exact) mass is 504 g/mol. The third-order valence-corrected chi connectivity index (χ3v) is 5.56. The minimum atomic E-state index is -3.92. The summed E-state index contributed by atoms with van der Waals surface area (Å²) < 4.78 is 92.8. The number of halogens is 5. The normalized spacial score (nSPS) is 18.1.